The zero-order chi connectivity index (χ0) is 17.6. The molecule has 0 aliphatic carbocycles. The zero-order valence-corrected chi connectivity index (χ0v) is 14.6. The highest BCUT2D eigenvalue weighted by atomic mass is 16.5. The molecular weight excluding hydrogens is 318 g/mol. The van der Waals surface area contributed by atoms with Gasteiger partial charge in [0.1, 0.15) is 0 Å². The number of nitrogens with zero attached hydrogens (tertiary/aromatic N) is 1. The van der Waals surface area contributed by atoms with Crippen LogP contribution in [0.15, 0.2) is 41.6 Å². The summed E-state index contributed by atoms with van der Waals surface area (Å²) in [4.78, 5) is 26.2. The molecule has 0 saturated carbocycles. The second-order valence-electron chi connectivity index (χ2n) is 6.44. The summed E-state index contributed by atoms with van der Waals surface area (Å²) in [5.41, 5.74) is 2.50. The quantitative estimate of drug-likeness (QED) is 0.773. The van der Waals surface area contributed by atoms with E-state index < -0.39 is 0 Å². The molecule has 134 valence electrons. The Morgan fingerprint density at radius 1 is 1.32 bits per heavy atom. The molecule has 2 amide bonds. The van der Waals surface area contributed by atoms with E-state index in [0.717, 1.165) is 25.8 Å². The molecule has 2 heterocycles. The molecule has 1 fully saturated rings. The molecule has 1 aromatic rings. The first-order valence-electron chi connectivity index (χ1n) is 8.89. The smallest absolute Gasteiger partial charge is 0.337 e. The van der Waals surface area contributed by atoms with Gasteiger partial charge in [-0.15, -0.1) is 0 Å². The highest BCUT2D eigenvalue weighted by Crippen LogP contribution is 2.23. The molecule has 1 aromatic carbocycles. The molecule has 6 nitrogen and oxygen atoms in total. The van der Waals surface area contributed by atoms with Gasteiger partial charge in [0, 0.05) is 18.3 Å². The van der Waals surface area contributed by atoms with Crippen molar-refractivity contribution >= 4 is 12.0 Å². The molecule has 2 aliphatic rings. The Labute approximate surface area is 148 Å². The van der Waals surface area contributed by atoms with Gasteiger partial charge < -0.3 is 15.4 Å². The second-order valence-corrected chi connectivity index (χ2v) is 6.44. The molecule has 1 saturated heterocycles. The van der Waals surface area contributed by atoms with E-state index in [1.807, 2.05) is 6.07 Å². The van der Waals surface area contributed by atoms with Crippen molar-refractivity contribution in [2.24, 2.45) is 0 Å². The van der Waals surface area contributed by atoms with Gasteiger partial charge >= 0.3 is 12.0 Å². The Bertz CT molecular complexity index is 657. The Kier molecular flexibility index (Phi) is 5.71. The number of nitrogens with one attached hydrogen (secondary N) is 2. The Balaban J connectivity index is 1.73. The first kappa shape index (κ1) is 17.5. The lowest BCUT2D eigenvalue weighted by Gasteiger charge is -2.29. The fraction of sp³-hybridized carbons (Fsp3) is 0.474. The zero-order valence-electron chi connectivity index (χ0n) is 14.6. The van der Waals surface area contributed by atoms with Gasteiger partial charge in [-0.2, -0.15) is 0 Å². The standard InChI is InChI=1S/C19H25N3O3/c1-2-25-18(23)16-12-20-19(24)21-17(16)13-22-10-6-9-15(22)11-14-7-4-3-5-8-14/h3-5,7-8,15H,2,6,9-13H2,1H3,(H2,20,21,24)/t15-/m0/s1. The van der Waals surface area contributed by atoms with E-state index >= 15 is 0 Å². The van der Waals surface area contributed by atoms with Gasteiger partial charge in [-0.1, -0.05) is 30.3 Å². The van der Waals surface area contributed by atoms with E-state index in [0.29, 0.717) is 30.5 Å². The fourth-order valence-electron chi connectivity index (χ4n) is 3.50. The van der Waals surface area contributed by atoms with E-state index in [2.05, 4.69) is 39.8 Å². The number of hydrogen-bond acceptors (Lipinski definition) is 4. The third-order valence-electron chi connectivity index (χ3n) is 4.75. The van der Waals surface area contributed by atoms with Crippen LogP contribution in [0.2, 0.25) is 0 Å². The number of ether oxygens (including phenoxy) is 1. The van der Waals surface area contributed by atoms with Gasteiger partial charge in [0.25, 0.3) is 0 Å². The van der Waals surface area contributed by atoms with Crippen molar-refractivity contribution in [3.05, 3.63) is 47.2 Å². The van der Waals surface area contributed by atoms with E-state index in [-0.39, 0.29) is 18.5 Å². The number of esters is 1. The van der Waals surface area contributed by atoms with Crippen molar-refractivity contribution in [3.63, 3.8) is 0 Å². The van der Waals surface area contributed by atoms with Crippen LogP contribution in [0.4, 0.5) is 4.79 Å². The summed E-state index contributed by atoms with van der Waals surface area (Å²) < 4.78 is 5.13. The Morgan fingerprint density at radius 3 is 2.88 bits per heavy atom. The number of carbonyl (C=O) groups excluding carboxylic acids is 2. The van der Waals surface area contributed by atoms with Crippen LogP contribution in [0.3, 0.4) is 0 Å². The van der Waals surface area contributed by atoms with Gasteiger partial charge in [0.05, 0.1) is 18.7 Å². The molecule has 0 spiro atoms. The van der Waals surface area contributed by atoms with Gasteiger partial charge in [-0.25, -0.2) is 9.59 Å². The van der Waals surface area contributed by atoms with Gasteiger partial charge in [-0.3, -0.25) is 4.90 Å². The van der Waals surface area contributed by atoms with Crippen molar-refractivity contribution < 1.29 is 14.3 Å². The first-order chi connectivity index (χ1) is 12.2. The normalized spacial score (nSPS) is 21.0. The minimum atomic E-state index is -0.358. The summed E-state index contributed by atoms with van der Waals surface area (Å²) in [6, 6.07) is 10.6. The maximum absolute atomic E-state index is 12.2. The summed E-state index contributed by atoms with van der Waals surface area (Å²) in [6.07, 6.45) is 3.24. The van der Waals surface area contributed by atoms with Gasteiger partial charge in [-0.05, 0) is 38.3 Å². The maximum atomic E-state index is 12.2. The minimum absolute atomic E-state index is 0.219. The lowest BCUT2D eigenvalue weighted by Crippen LogP contribution is -2.47. The first-order valence-corrected chi connectivity index (χ1v) is 8.89. The summed E-state index contributed by atoms with van der Waals surface area (Å²) >= 11 is 0. The molecule has 6 heteroatoms. The average Bonchev–Trinajstić information content (AvgIpc) is 3.03. The number of likely N-dealkylation sites (tertiary alicyclic amines) is 1. The van der Waals surface area contributed by atoms with Crippen molar-refractivity contribution in [2.45, 2.75) is 32.2 Å². The SMILES string of the molecule is CCOC(=O)C1=C(CN2CCC[C@H]2Cc2ccccc2)NC(=O)NC1. The molecule has 25 heavy (non-hydrogen) atoms. The van der Waals surface area contributed by atoms with Crippen LogP contribution < -0.4 is 10.6 Å². The van der Waals surface area contributed by atoms with Crippen LogP contribution in [0.5, 0.6) is 0 Å². The van der Waals surface area contributed by atoms with Crippen LogP contribution >= 0.6 is 0 Å². The second kappa shape index (κ2) is 8.16. The molecule has 2 N–H and O–H groups in total. The van der Waals surface area contributed by atoms with Crippen molar-refractivity contribution in [1.29, 1.82) is 0 Å². The van der Waals surface area contributed by atoms with Crippen LogP contribution in [0.25, 0.3) is 0 Å². The van der Waals surface area contributed by atoms with E-state index in [9.17, 15) is 9.59 Å². The molecule has 2 aliphatic heterocycles. The molecular formula is C19H25N3O3. The van der Waals surface area contributed by atoms with E-state index in [1.165, 1.54) is 5.56 Å². The predicted molar refractivity (Wildman–Crippen MR) is 94.9 cm³/mol. The molecule has 1 atom stereocenters. The lowest BCUT2D eigenvalue weighted by atomic mass is 10.0. The summed E-state index contributed by atoms with van der Waals surface area (Å²) in [6.45, 7) is 3.86. The number of amides is 2. The maximum Gasteiger partial charge on any atom is 0.337 e. The van der Waals surface area contributed by atoms with E-state index in [1.54, 1.807) is 6.92 Å². The van der Waals surface area contributed by atoms with E-state index in [4.69, 9.17) is 4.74 Å². The third kappa shape index (κ3) is 4.39. The van der Waals surface area contributed by atoms with Gasteiger partial charge in [0.15, 0.2) is 0 Å². The molecule has 3 rings (SSSR count). The number of benzene rings is 1. The number of rotatable bonds is 6. The summed E-state index contributed by atoms with van der Waals surface area (Å²) in [5, 5.41) is 5.45. The van der Waals surface area contributed by atoms with Crippen LogP contribution in [0, 0.1) is 0 Å². The lowest BCUT2D eigenvalue weighted by molar-refractivity contribution is -0.138. The van der Waals surface area contributed by atoms with Crippen LogP contribution in [-0.2, 0) is 16.0 Å². The highest BCUT2D eigenvalue weighted by Gasteiger charge is 2.29. The fourth-order valence-corrected chi connectivity index (χ4v) is 3.50. The van der Waals surface area contributed by atoms with Crippen molar-refractivity contribution in [2.75, 3.05) is 26.2 Å². The topological polar surface area (TPSA) is 70.7 Å². The average molecular weight is 343 g/mol. The largest absolute Gasteiger partial charge is 0.463 e. The number of urea groups is 1. The van der Waals surface area contributed by atoms with Crippen LogP contribution in [-0.4, -0.2) is 49.2 Å². The summed E-state index contributed by atoms with van der Waals surface area (Å²) in [5.74, 6) is -0.358. The monoisotopic (exact) mass is 343 g/mol. The van der Waals surface area contributed by atoms with Crippen molar-refractivity contribution in [3.8, 4) is 0 Å². The summed E-state index contributed by atoms with van der Waals surface area (Å²) in [7, 11) is 0. The molecule has 0 radical (unpaired) electrons. The number of hydrogen-bond donors (Lipinski definition) is 2. The Morgan fingerprint density at radius 2 is 2.12 bits per heavy atom. The minimum Gasteiger partial charge on any atom is -0.463 e. The number of carbonyl (C=O) groups is 2. The van der Waals surface area contributed by atoms with Crippen LogP contribution in [0.1, 0.15) is 25.3 Å². The predicted octanol–water partition coefficient (Wildman–Crippen LogP) is 1.82. The third-order valence-corrected chi connectivity index (χ3v) is 4.75. The van der Waals surface area contributed by atoms with Crippen molar-refractivity contribution in [1.82, 2.24) is 15.5 Å². The molecule has 0 aromatic heterocycles. The van der Waals surface area contributed by atoms with Gasteiger partial charge in [0.2, 0.25) is 0 Å². The highest BCUT2D eigenvalue weighted by molar-refractivity contribution is 5.93. The Hall–Kier alpha value is -2.34. The molecule has 0 bridgehead atoms. The molecule has 0 unspecified atom stereocenters.